The molecule has 8 nitrogen and oxygen atoms in total. The number of hydrogen-bond donors (Lipinski definition) is 1. The number of furan rings is 1. The highest BCUT2D eigenvalue weighted by molar-refractivity contribution is 5.79. The SMILES string of the molecule is Cc1ccc2[nH]c(=O)c(CN(Cc3ccco3)[C@H](c3nnnn3CCc3ccccc3)C(C)C)cc2c1. The number of nitrogens with zero attached hydrogens (tertiary/aromatic N) is 5. The number of rotatable bonds is 10. The molecule has 0 saturated heterocycles. The van der Waals surface area contributed by atoms with Gasteiger partial charge in [-0.25, -0.2) is 4.68 Å². The van der Waals surface area contributed by atoms with E-state index in [1.165, 1.54) is 5.56 Å². The van der Waals surface area contributed by atoms with Gasteiger partial charge in [0.2, 0.25) is 0 Å². The Kier molecular flexibility index (Phi) is 7.28. The number of fused-ring (bicyclic) bond motifs is 1. The number of hydrogen-bond acceptors (Lipinski definition) is 6. The van der Waals surface area contributed by atoms with E-state index >= 15 is 0 Å². The van der Waals surface area contributed by atoms with E-state index in [0.29, 0.717) is 25.2 Å². The maximum Gasteiger partial charge on any atom is 0.252 e. The van der Waals surface area contributed by atoms with Crippen molar-refractivity contribution in [3.63, 3.8) is 0 Å². The standard InChI is InChI=1S/C29H32N6O2/c1-20(2)27(28-31-32-33-35(28)14-13-22-8-5-4-6-9-22)34(19-25-10-7-15-37-25)18-24-17-23-16-21(3)11-12-26(23)30-29(24)36/h4-12,15-17,20,27H,13-14,18-19H2,1-3H3,(H,30,36)/t27-/m0/s1. The van der Waals surface area contributed by atoms with Gasteiger partial charge < -0.3 is 9.40 Å². The number of pyridine rings is 1. The minimum atomic E-state index is -0.136. The molecular weight excluding hydrogens is 464 g/mol. The van der Waals surface area contributed by atoms with Crippen LogP contribution in [0.5, 0.6) is 0 Å². The molecule has 3 aromatic heterocycles. The van der Waals surface area contributed by atoms with Crippen LogP contribution in [0.15, 0.2) is 82.2 Å². The Labute approximate surface area is 215 Å². The zero-order valence-corrected chi connectivity index (χ0v) is 21.5. The summed E-state index contributed by atoms with van der Waals surface area (Å²) in [6.07, 6.45) is 2.50. The molecule has 8 heteroatoms. The molecule has 0 aliphatic heterocycles. The Bertz CT molecular complexity index is 1500. The summed E-state index contributed by atoms with van der Waals surface area (Å²) >= 11 is 0. The fourth-order valence-electron chi connectivity index (χ4n) is 4.91. The highest BCUT2D eigenvalue weighted by atomic mass is 16.3. The first-order valence-corrected chi connectivity index (χ1v) is 12.7. The summed E-state index contributed by atoms with van der Waals surface area (Å²) in [5, 5.41) is 13.8. The number of benzene rings is 2. The normalized spacial score (nSPS) is 12.6. The Hall–Kier alpha value is -4.04. The average Bonchev–Trinajstić information content (AvgIpc) is 3.56. The fourth-order valence-corrected chi connectivity index (χ4v) is 4.91. The largest absolute Gasteiger partial charge is 0.468 e. The molecule has 0 radical (unpaired) electrons. The maximum atomic E-state index is 13.1. The molecule has 3 heterocycles. The van der Waals surface area contributed by atoms with Gasteiger partial charge in [-0.1, -0.05) is 55.8 Å². The summed E-state index contributed by atoms with van der Waals surface area (Å²) in [4.78, 5) is 18.4. The maximum absolute atomic E-state index is 13.1. The van der Waals surface area contributed by atoms with Gasteiger partial charge in [0, 0.05) is 24.2 Å². The molecule has 37 heavy (non-hydrogen) atoms. The fraction of sp³-hybridized carbons (Fsp3) is 0.310. The topological polar surface area (TPSA) is 92.8 Å². The van der Waals surface area contributed by atoms with Crippen LogP contribution in [0.2, 0.25) is 0 Å². The lowest BCUT2D eigenvalue weighted by atomic mass is 10.00. The van der Waals surface area contributed by atoms with Gasteiger partial charge in [-0.05, 0) is 71.0 Å². The predicted molar refractivity (Wildman–Crippen MR) is 143 cm³/mol. The molecule has 0 fully saturated rings. The third-order valence-corrected chi connectivity index (χ3v) is 6.69. The number of H-pyrrole nitrogens is 1. The molecule has 0 bridgehead atoms. The van der Waals surface area contributed by atoms with Crippen molar-refractivity contribution in [2.24, 2.45) is 5.92 Å². The first kappa shape index (κ1) is 24.6. The monoisotopic (exact) mass is 496 g/mol. The number of aromatic amines is 1. The molecule has 0 unspecified atom stereocenters. The highest BCUT2D eigenvalue weighted by Crippen LogP contribution is 2.30. The molecule has 190 valence electrons. The summed E-state index contributed by atoms with van der Waals surface area (Å²) in [5.41, 5.74) is 3.82. The van der Waals surface area contributed by atoms with Crippen LogP contribution in [0.1, 0.15) is 48.2 Å². The van der Waals surface area contributed by atoms with Crippen molar-refractivity contribution >= 4 is 10.9 Å². The van der Waals surface area contributed by atoms with E-state index in [-0.39, 0.29) is 17.5 Å². The Morgan fingerprint density at radius 3 is 2.62 bits per heavy atom. The predicted octanol–water partition coefficient (Wildman–Crippen LogP) is 5.06. The third-order valence-electron chi connectivity index (χ3n) is 6.69. The van der Waals surface area contributed by atoms with Crippen LogP contribution in [0, 0.1) is 12.8 Å². The van der Waals surface area contributed by atoms with E-state index in [1.807, 2.05) is 53.2 Å². The van der Waals surface area contributed by atoms with E-state index < -0.39 is 0 Å². The molecule has 0 aliphatic carbocycles. The number of aromatic nitrogens is 5. The second-order valence-electron chi connectivity index (χ2n) is 9.88. The first-order valence-electron chi connectivity index (χ1n) is 12.7. The second-order valence-corrected chi connectivity index (χ2v) is 9.88. The quantitative estimate of drug-likeness (QED) is 0.291. The molecule has 1 atom stereocenters. The summed E-state index contributed by atoms with van der Waals surface area (Å²) < 4.78 is 7.60. The smallest absolute Gasteiger partial charge is 0.252 e. The molecule has 5 aromatic rings. The van der Waals surface area contributed by atoms with Crippen molar-refractivity contribution in [3.05, 3.63) is 112 Å². The Morgan fingerprint density at radius 1 is 1.03 bits per heavy atom. The molecule has 2 aromatic carbocycles. The number of aryl methyl sites for hydroxylation is 3. The molecule has 0 amide bonds. The van der Waals surface area contributed by atoms with Gasteiger partial charge >= 0.3 is 0 Å². The summed E-state index contributed by atoms with van der Waals surface area (Å²) in [5.74, 6) is 1.78. The minimum Gasteiger partial charge on any atom is -0.468 e. The van der Waals surface area contributed by atoms with Crippen LogP contribution in [0.3, 0.4) is 0 Å². The zero-order valence-electron chi connectivity index (χ0n) is 21.5. The number of tetrazole rings is 1. The Morgan fingerprint density at radius 2 is 1.86 bits per heavy atom. The lowest BCUT2D eigenvalue weighted by Crippen LogP contribution is -2.35. The molecule has 0 saturated carbocycles. The average molecular weight is 497 g/mol. The van der Waals surface area contributed by atoms with Gasteiger partial charge in [0.1, 0.15) is 5.76 Å². The zero-order chi connectivity index (χ0) is 25.8. The van der Waals surface area contributed by atoms with Crippen LogP contribution in [0.4, 0.5) is 0 Å². The molecule has 5 rings (SSSR count). The molecule has 0 spiro atoms. The molecule has 0 aliphatic rings. The summed E-state index contributed by atoms with van der Waals surface area (Å²) in [6, 6.07) is 22.1. The second kappa shape index (κ2) is 10.9. The van der Waals surface area contributed by atoms with Gasteiger partial charge in [0.15, 0.2) is 5.82 Å². The van der Waals surface area contributed by atoms with Crippen molar-refractivity contribution < 1.29 is 4.42 Å². The van der Waals surface area contributed by atoms with E-state index in [1.54, 1.807) is 6.26 Å². The van der Waals surface area contributed by atoms with E-state index in [0.717, 1.165) is 34.5 Å². The van der Waals surface area contributed by atoms with Crippen molar-refractivity contribution in [1.82, 2.24) is 30.1 Å². The third kappa shape index (κ3) is 5.70. The lowest BCUT2D eigenvalue weighted by molar-refractivity contribution is 0.116. The minimum absolute atomic E-state index is 0.0908. The van der Waals surface area contributed by atoms with Gasteiger partial charge in [-0.15, -0.1) is 5.10 Å². The van der Waals surface area contributed by atoms with Crippen LogP contribution in [-0.4, -0.2) is 30.1 Å². The highest BCUT2D eigenvalue weighted by Gasteiger charge is 2.30. The van der Waals surface area contributed by atoms with Crippen LogP contribution < -0.4 is 5.56 Å². The van der Waals surface area contributed by atoms with Gasteiger partial charge in [-0.2, -0.15) is 0 Å². The van der Waals surface area contributed by atoms with Crippen LogP contribution in [-0.2, 0) is 26.1 Å². The summed E-state index contributed by atoms with van der Waals surface area (Å²) in [6.45, 7) is 7.98. The van der Waals surface area contributed by atoms with E-state index in [4.69, 9.17) is 4.42 Å². The van der Waals surface area contributed by atoms with Gasteiger partial charge in [0.05, 0.1) is 18.8 Å². The molecule has 1 N–H and O–H groups in total. The Balaban J connectivity index is 1.49. The van der Waals surface area contributed by atoms with Gasteiger partial charge in [-0.3, -0.25) is 9.69 Å². The van der Waals surface area contributed by atoms with Crippen molar-refractivity contribution in [1.29, 1.82) is 0 Å². The lowest BCUT2D eigenvalue weighted by Gasteiger charge is -2.33. The van der Waals surface area contributed by atoms with E-state index in [2.05, 4.69) is 64.4 Å². The van der Waals surface area contributed by atoms with Crippen molar-refractivity contribution in [3.8, 4) is 0 Å². The van der Waals surface area contributed by atoms with Crippen molar-refractivity contribution in [2.45, 2.75) is 52.9 Å². The van der Waals surface area contributed by atoms with Crippen LogP contribution >= 0.6 is 0 Å². The van der Waals surface area contributed by atoms with Crippen LogP contribution in [0.25, 0.3) is 10.9 Å². The molecular formula is C29H32N6O2. The first-order chi connectivity index (χ1) is 18.0. The van der Waals surface area contributed by atoms with Gasteiger partial charge in [0.25, 0.3) is 5.56 Å². The van der Waals surface area contributed by atoms with E-state index in [9.17, 15) is 4.79 Å². The summed E-state index contributed by atoms with van der Waals surface area (Å²) in [7, 11) is 0. The number of nitrogens with one attached hydrogen (secondary N) is 1. The van der Waals surface area contributed by atoms with Crippen molar-refractivity contribution in [2.75, 3.05) is 0 Å².